The van der Waals surface area contributed by atoms with Crippen molar-refractivity contribution in [2.75, 3.05) is 19.1 Å². The summed E-state index contributed by atoms with van der Waals surface area (Å²) in [6.07, 6.45) is 0.338. The minimum absolute atomic E-state index is 0.0626. The first-order valence-corrected chi connectivity index (χ1v) is 11.3. The summed E-state index contributed by atoms with van der Waals surface area (Å²) in [4.78, 5) is 15.4. The molecule has 1 atom stereocenters. The quantitative estimate of drug-likeness (QED) is 0.340. The monoisotopic (exact) mass is 457 g/mol. The number of carbonyl (C=O) groups excluding carboxylic acids is 1. The number of carbonyl (C=O) groups is 1. The van der Waals surface area contributed by atoms with Gasteiger partial charge in [0.1, 0.15) is 0 Å². The van der Waals surface area contributed by atoms with E-state index in [2.05, 4.69) is 24.3 Å². The van der Waals surface area contributed by atoms with Crippen molar-refractivity contribution in [2.24, 2.45) is 0 Å². The third-order valence-corrected chi connectivity index (χ3v) is 6.54. The van der Waals surface area contributed by atoms with E-state index >= 15 is 0 Å². The third-order valence-electron chi connectivity index (χ3n) is 6.31. The van der Waals surface area contributed by atoms with Gasteiger partial charge in [-0.15, -0.1) is 0 Å². The van der Waals surface area contributed by atoms with Crippen LogP contribution in [-0.4, -0.2) is 20.1 Å². The maximum absolute atomic E-state index is 13.5. The second kappa shape index (κ2) is 8.80. The third kappa shape index (κ3) is 3.81. The summed E-state index contributed by atoms with van der Waals surface area (Å²) >= 11 is 6.21. The molecule has 0 N–H and O–H groups in total. The summed E-state index contributed by atoms with van der Waals surface area (Å²) in [7, 11) is 3.27. The lowest BCUT2D eigenvalue weighted by Gasteiger charge is -2.36. The minimum atomic E-state index is -0.153. The second-order valence-corrected chi connectivity index (χ2v) is 8.61. The van der Waals surface area contributed by atoms with Crippen molar-refractivity contribution in [1.29, 1.82) is 0 Å². The van der Waals surface area contributed by atoms with Crippen molar-refractivity contribution in [3.8, 4) is 11.5 Å². The van der Waals surface area contributed by atoms with Crippen LogP contribution in [0.3, 0.4) is 0 Å². The van der Waals surface area contributed by atoms with E-state index in [0.717, 1.165) is 33.2 Å². The van der Waals surface area contributed by atoms with Gasteiger partial charge in [-0.25, -0.2) is 0 Å². The maximum Gasteiger partial charge on any atom is 0.228 e. The van der Waals surface area contributed by atoms with Gasteiger partial charge in [-0.1, -0.05) is 66.2 Å². The Bertz CT molecular complexity index is 1350. The lowest BCUT2D eigenvalue weighted by atomic mass is 9.80. The molecule has 5 rings (SSSR count). The van der Waals surface area contributed by atoms with E-state index in [9.17, 15) is 4.79 Å². The van der Waals surface area contributed by atoms with E-state index in [1.165, 1.54) is 0 Å². The summed E-state index contributed by atoms with van der Waals surface area (Å²) < 4.78 is 11.3. The van der Waals surface area contributed by atoms with Gasteiger partial charge in [0, 0.05) is 28.6 Å². The van der Waals surface area contributed by atoms with E-state index in [1.807, 2.05) is 59.5 Å². The van der Waals surface area contributed by atoms with Crippen LogP contribution < -0.4 is 14.4 Å². The number of amides is 1. The number of benzene rings is 4. The van der Waals surface area contributed by atoms with Gasteiger partial charge in [0.05, 0.1) is 20.8 Å². The van der Waals surface area contributed by atoms with E-state index in [0.29, 0.717) is 29.5 Å². The van der Waals surface area contributed by atoms with Gasteiger partial charge < -0.3 is 14.4 Å². The first-order valence-electron chi connectivity index (χ1n) is 10.9. The van der Waals surface area contributed by atoms with Gasteiger partial charge >= 0.3 is 0 Å². The summed E-state index contributed by atoms with van der Waals surface area (Å²) in [5.74, 6) is 1.23. The van der Waals surface area contributed by atoms with Crippen LogP contribution in [0, 0.1) is 0 Å². The summed E-state index contributed by atoms with van der Waals surface area (Å²) in [6, 6.07) is 26.0. The SMILES string of the molecule is COc1cccc(C2CC(=O)N(Cc3cccc(Cl)c3)c3ccc4ccccc4c32)c1OC. The molecular weight excluding hydrogens is 434 g/mol. The van der Waals surface area contributed by atoms with Crippen molar-refractivity contribution in [1.82, 2.24) is 0 Å². The molecule has 166 valence electrons. The predicted molar refractivity (Wildman–Crippen MR) is 133 cm³/mol. The molecule has 0 radical (unpaired) electrons. The normalized spacial score (nSPS) is 15.4. The predicted octanol–water partition coefficient (Wildman–Crippen LogP) is 6.58. The molecule has 0 saturated heterocycles. The van der Waals surface area contributed by atoms with Crippen LogP contribution in [0.25, 0.3) is 10.8 Å². The molecule has 4 nitrogen and oxygen atoms in total. The average Bonchev–Trinajstić information content (AvgIpc) is 2.84. The minimum Gasteiger partial charge on any atom is -0.493 e. The highest BCUT2D eigenvalue weighted by Crippen LogP contribution is 2.48. The van der Waals surface area contributed by atoms with E-state index in [4.69, 9.17) is 21.1 Å². The van der Waals surface area contributed by atoms with Crippen molar-refractivity contribution in [3.63, 3.8) is 0 Å². The molecule has 1 amide bonds. The molecule has 1 unspecified atom stereocenters. The van der Waals surface area contributed by atoms with E-state index < -0.39 is 0 Å². The highest BCUT2D eigenvalue weighted by atomic mass is 35.5. The Kier molecular flexibility index (Phi) is 5.69. The highest BCUT2D eigenvalue weighted by molar-refractivity contribution is 6.30. The Hall–Kier alpha value is -3.50. The van der Waals surface area contributed by atoms with Crippen LogP contribution in [0.1, 0.15) is 29.0 Å². The molecule has 1 aliphatic heterocycles. The molecule has 5 heteroatoms. The van der Waals surface area contributed by atoms with Crippen LogP contribution in [-0.2, 0) is 11.3 Å². The number of ether oxygens (including phenoxy) is 2. The van der Waals surface area contributed by atoms with Gasteiger partial charge in [-0.2, -0.15) is 0 Å². The summed E-state index contributed by atoms with van der Waals surface area (Å²) in [6.45, 7) is 0.465. The van der Waals surface area contributed by atoms with Crippen molar-refractivity contribution in [3.05, 3.63) is 101 Å². The van der Waals surface area contributed by atoms with Gasteiger partial charge in [0.25, 0.3) is 0 Å². The number of halogens is 1. The number of fused-ring (bicyclic) bond motifs is 3. The Morgan fingerprint density at radius 1 is 0.939 bits per heavy atom. The molecule has 4 aromatic rings. The summed E-state index contributed by atoms with van der Waals surface area (Å²) in [5, 5.41) is 2.93. The fraction of sp³-hybridized carbons (Fsp3) is 0.179. The Balaban J connectivity index is 1.71. The molecule has 33 heavy (non-hydrogen) atoms. The topological polar surface area (TPSA) is 38.8 Å². The van der Waals surface area contributed by atoms with Crippen molar-refractivity contribution < 1.29 is 14.3 Å². The fourth-order valence-corrected chi connectivity index (χ4v) is 5.06. The highest BCUT2D eigenvalue weighted by Gasteiger charge is 2.35. The van der Waals surface area contributed by atoms with Crippen LogP contribution in [0.5, 0.6) is 11.5 Å². The van der Waals surface area contributed by atoms with Crippen molar-refractivity contribution >= 4 is 34.0 Å². The molecule has 0 saturated carbocycles. The number of nitrogens with zero attached hydrogens (tertiary/aromatic N) is 1. The molecule has 0 spiro atoms. The first-order chi connectivity index (χ1) is 16.1. The molecule has 1 heterocycles. The number of hydrogen-bond acceptors (Lipinski definition) is 3. The van der Waals surface area contributed by atoms with Crippen LogP contribution in [0.4, 0.5) is 5.69 Å². The molecule has 1 aliphatic rings. The summed E-state index contributed by atoms with van der Waals surface area (Å²) in [5.41, 5.74) is 3.98. The number of rotatable bonds is 5. The second-order valence-electron chi connectivity index (χ2n) is 8.17. The van der Waals surface area contributed by atoms with Crippen LogP contribution in [0.15, 0.2) is 78.9 Å². The molecule has 4 aromatic carbocycles. The molecule has 0 fully saturated rings. The molecule has 0 aromatic heterocycles. The average molecular weight is 458 g/mol. The van der Waals surface area contributed by atoms with Gasteiger partial charge in [0.15, 0.2) is 11.5 Å². The zero-order chi connectivity index (χ0) is 22.9. The zero-order valence-corrected chi connectivity index (χ0v) is 19.3. The number of anilines is 1. The molecule has 0 aliphatic carbocycles. The van der Waals surface area contributed by atoms with Gasteiger partial charge in [0.2, 0.25) is 5.91 Å². The number of para-hydroxylation sites is 1. The first kappa shape index (κ1) is 21.4. The lowest BCUT2D eigenvalue weighted by molar-refractivity contribution is -0.119. The zero-order valence-electron chi connectivity index (χ0n) is 18.5. The number of methoxy groups -OCH3 is 2. The Morgan fingerprint density at radius 3 is 2.55 bits per heavy atom. The van der Waals surface area contributed by atoms with E-state index in [1.54, 1.807) is 14.2 Å². The lowest BCUT2D eigenvalue weighted by Crippen LogP contribution is -2.36. The smallest absolute Gasteiger partial charge is 0.228 e. The Morgan fingerprint density at radius 2 is 1.76 bits per heavy atom. The molecule has 0 bridgehead atoms. The largest absolute Gasteiger partial charge is 0.493 e. The van der Waals surface area contributed by atoms with Crippen LogP contribution in [0.2, 0.25) is 5.02 Å². The Labute approximate surface area is 198 Å². The number of hydrogen-bond donors (Lipinski definition) is 0. The van der Waals surface area contributed by atoms with Gasteiger partial charge in [-0.3, -0.25) is 4.79 Å². The standard InChI is InChI=1S/C28H24ClNO3/c1-32-25-12-6-11-22(28(25)33-2)23-16-26(31)30(17-18-7-5-9-20(29)15-18)24-14-13-19-8-3-4-10-21(19)27(23)24/h3-15,23H,16-17H2,1-2H3. The van der Waals surface area contributed by atoms with Crippen molar-refractivity contribution in [2.45, 2.75) is 18.9 Å². The molecular formula is C28H24ClNO3. The maximum atomic E-state index is 13.5. The van der Waals surface area contributed by atoms with Crippen LogP contribution >= 0.6 is 11.6 Å². The van der Waals surface area contributed by atoms with Gasteiger partial charge in [-0.05, 0) is 46.2 Å². The van der Waals surface area contributed by atoms with E-state index in [-0.39, 0.29) is 11.8 Å². The fourth-order valence-electron chi connectivity index (χ4n) is 4.85.